The number of aryl methyl sites for hydroxylation is 2. The van der Waals surface area contributed by atoms with E-state index in [4.69, 9.17) is 16.3 Å². The molecule has 0 aliphatic rings. The third kappa shape index (κ3) is 4.72. The van der Waals surface area contributed by atoms with Crippen LogP contribution in [-0.4, -0.2) is 23.3 Å². The number of carbonyl (C=O) groups is 1. The number of aromatic hydroxyl groups is 2. The number of phenols is 2. The fourth-order valence-corrected chi connectivity index (χ4v) is 3.65. The van der Waals surface area contributed by atoms with Gasteiger partial charge < -0.3 is 14.9 Å². The Kier molecular flexibility index (Phi) is 6.45. The highest BCUT2D eigenvalue weighted by atomic mass is 35.5. The number of hydrogen-bond donors (Lipinski definition) is 2. The Balaban J connectivity index is 1.89. The summed E-state index contributed by atoms with van der Waals surface area (Å²) in [7, 11) is 1.24. The first kappa shape index (κ1) is 20.7. The molecule has 4 nitrogen and oxygen atoms in total. The van der Waals surface area contributed by atoms with E-state index in [0.29, 0.717) is 18.4 Å². The molecule has 0 fully saturated rings. The fourth-order valence-electron chi connectivity index (χ4n) is 3.41. The summed E-state index contributed by atoms with van der Waals surface area (Å²) in [5.74, 6) is -1.30. The molecular weight excluding hydrogens is 388 g/mol. The second-order valence-corrected chi connectivity index (χ2v) is 7.38. The first-order valence-corrected chi connectivity index (χ1v) is 9.72. The van der Waals surface area contributed by atoms with E-state index in [1.165, 1.54) is 23.8 Å². The summed E-state index contributed by atoms with van der Waals surface area (Å²) in [6.07, 6.45) is 1.75. The zero-order valence-corrected chi connectivity index (χ0v) is 17.2. The number of halogens is 1. The van der Waals surface area contributed by atoms with E-state index >= 15 is 0 Å². The topological polar surface area (TPSA) is 66.8 Å². The zero-order chi connectivity index (χ0) is 21.0. The summed E-state index contributed by atoms with van der Waals surface area (Å²) in [6.45, 7) is 2.06. The maximum absolute atomic E-state index is 12.1. The standard InChI is InChI=1S/C24H23ClO4/c1-15-7-9-16(10-8-15)13-18-6-4-3-5-17(18)11-12-19-22(24(28)29-2)20(26)14-21(27)23(19)25/h3-10,14,26-27H,11-13H2,1-2H3. The number of carbonyl (C=O) groups excluding carboxylic acids is 1. The van der Waals surface area contributed by atoms with E-state index < -0.39 is 5.97 Å². The number of esters is 1. The predicted molar refractivity (Wildman–Crippen MR) is 114 cm³/mol. The van der Waals surface area contributed by atoms with Crippen LogP contribution in [0.5, 0.6) is 11.5 Å². The Hall–Kier alpha value is -2.98. The van der Waals surface area contributed by atoms with Gasteiger partial charge >= 0.3 is 5.97 Å². The Labute approximate surface area is 175 Å². The van der Waals surface area contributed by atoms with E-state index in [0.717, 1.165) is 18.1 Å². The van der Waals surface area contributed by atoms with Crippen LogP contribution in [0.25, 0.3) is 0 Å². The van der Waals surface area contributed by atoms with Gasteiger partial charge in [0.25, 0.3) is 0 Å². The molecule has 3 rings (SSSR count). The lowest BCUT2D eigenvalue weighted by Crippen LogP contribution is -2.09. The van der Waals surface area contributed by atoms with Gasteiger partial charge in [-0.3, -0.25) is 0 Å². The van der Waals surface area contributed by atoms with Gasteiger partial charge in [0.05, 0.1) is 12.1 Å². The van der Waals surface area contributed by atoms with Gasteiger partial charge in [0.1, 0.15) is 17.1 Å². The predicted octanol–water partition coefficient (Wildman–Crippen LogP) is 5.22. The molecule has 150 valence electrons. The second-order valence-electron chi connectivity index (χ2n) is 7.01. The highest BCUT2D eigenvalue weighted by Gasteiger charge is 2.23. The van der Waals surface area contributed by atoms with Crippen LogP contribution in [-0.2, 0) is 24.0 Å². The van der Waals surface area contributed by atoms with Gasteiger partial charge in [0.15, 0.2) is 0 Å². The SMILES string of the molecule is COC(=O)c1c(O)cc(O)c(Cl)c1CCc1ccccc1Cc1ccc(C)cc1. The molecule has 3 aromatic carbocycles. The smallest absolute Gasteiger partial charge is 0.341 e. The lowest BCUT2D eigenvalue weighted by Gasteiger charge is -2.15. The van der Waals surface area contributed by atoms with Gasteiger partial charge in [-0.25, -0.2) is 4.79 Å². The Morgan fingerprint density at radius 2 is 1.62 bits per heavy atom. The van der Waals surface area contributed by atoms with Crippen LogP contribution in [0.15, 0.2) is 54.6 Å². The van der Waals surface area contributed by atoms with Crippen LogP contribution in [0.4, 0.5) is 0 Å². The zero-order valence-electron chi connectivity index (χ0n) is 16.4. The molecule has 29 heavy (non-hydrogen) atoms. The van der Waals surface area contributed by atoms with E-state index in [2.05, 4.69) is 37.3 Å². The van der Waals surface area contributed by atoms with Crippen LogP contribution >= 0.6 is 11.6 Å². The molecular formula is C24H23ClO4. The van der Waals surface area contributed by atoms with Crippen LogP contribution in [0, 0.1) is 6.92 Å². The van der Waals surface area contributed by atoms with Crippen molar-refractivity contribution in [3.63, 3.8) is 0 Å². The molecule has 5 heteroatoms. The minimum Gasteiger partial charge on any atom is -0.507 e. The van der Waals surface area contributed by atoms with Crippen LogP contribution in [0.1, 0.15) is 38.2 Å². The van der Waals surface area contributed by atoms with Crippen molar-refractivity contribution in [3.05, 3.63) is 93.0 Å². The van der Waals surface area contributed by atoms with Gasteiger partial charge in [0, 0.05) is 6.07 Å². The van der Waals surface area contributed by atoms with Crippen molar-refractivity contribution in [2.45, 2.75) is 26.2 Å². The van der Waals surface area contributed by atoms with Crippen molar-refractivity contribution < 1.29 is 19.7 Å². The van der Waals surface area contributed by atoms with Gasteiger partial charge in [-0.05, 0) is 48.4 Å². The number of phenolic OH excluding ortho intramolecular Hbond substituents is 2. The molecule has 0 saturated carbocycles. The molecule has 0 spiro atoms. The second kappa shape index (κ2) is 9.01. The van der Waals surface area contributed by atoms with Gasteiger partial charge in [-0.2, -0.15) is 0 Å². The Morgan fingerprint density at radius 3 is 2.28 bits per heavy atom. The summed E-state index contributed by atoms with van der Waals surface area (Å²) in [6, 6.07) is 17.6. The average Bonchev–Trinajstić information content (AvgIpc) is 2.71. The minimum atomic E-state index is -0.688. The maximum atomic E-state index is 12.1. The number of methoxy groups -OCH3 is 1. The van der Waals surface area contributed by atoms with Crippen molar-refractivity contribution in [2.24, 2.45) is 0 Å². The summed E-state index contributed by atoms with van der Waals surface area (Å²) in [5.41, 5.74) is 5.09. The van der Waals surface area contributed by atoms with Crippen LogP contribution < -0.4 is 0 Å². The van der Waals surface area contributed by atoms with Crippen LogP contribution in [0.3, 0.4) is 0 Å². The molecule has 2 N–H and O–H groups in total. The minimum absolute atomic E-state index is 0.00804. The molecule has 0 radical (unpaired) electrons. The summed E-state index contributed by atoms with van der Waals surface area (Å²) >= 11 is 6.25. The first-order valence-electron chi connectivity index (χ1n) is 9.34. The number of hydrogen-bond acceptors (Lipinski definition) is 4. The molecule has 0 atom stereocenters. The van der Waals surface area contributed by atoms with E-state index in [9.17, 15) is 15.0 Å². The molecule has 0 amide bonds. The molecule has 0 aromatic heterocycles. The lowest BCUT2D eigenvalue weighted by molar-refractivity contribution is 0.0596. The third-order valence-corrected chi connectivity index (χ3v) is 5.41. The van der Waals surface area contributed by atoms with Crippen molar-refractivity contribution >= 4 is 17.6 Å². The monoisotopic (exact) mass is 410 g/mol. The molecule has 0 heterocycles. The van der Waals surface area contributed by atoms with Crippen LogP contribution in [0.2, 0.25) is 5.02 Å². The van der Waals surface area contributed by atoms with Gasteiger partial charge in [-0.15, -0.1) is 0 Å². The van der Waals surface area contributed by atoms with Crippen molar-refractivity contribution in [1.29, 1.82) is 0 Å². The maximum Gasteiger partial charge on any atom is 0.341 e. The van der Waals surface area contributed by atoms with Gasteiger partial charge in [0.2, 0.25) is 0 Å². The fraction of sp³-hybridized carbons (Fsp3) is 0.208. The highest BCUT2D eigenvalue weighted by Crippen LogP contribution is 2.37. The summed E-state index contributed by atoms with van der Waals surface area (Å²) < 4.78 is 4.78. The molecule has 0 saturated heterocycles. The lowest BCUT2D eigenvalue weighted by atomic mass is 9.93. The first-order chi connectivity index (χ1) is 13.9. The van der Waals surface area contributed by atoms with Crippen molar-refractivity contribution in [2.75, 3.05) is 7.11 Å². The molecule has 3 aromatic rings. The summed E-state index contributed by atoms with van der Waals surface area (Å²) in [4.78, 5) is 12.1. The number of rotatable bonds is 6. The largest absolute Gasteiger partial charge is 0.507 e. The molecule has 0 aliphatic heterocycles. The Bertz CT molecular complexity index is 1030. The summed E-state index contributed by atoms with van der Waals surface area (Å²) in [5, 5.41) is 20.2. The van der Waals surface area contributed by atoms with E-state index in [1.807, 2.05) is 18.2 Å². The molecule has 0 aliphatic carbocycles. The number of benzene rings is 3. The van der Waals surface area contributed by atoms with Gasteiger partial charge in [-0.1, -0.05) is 65.7 Å². The van der Waals surface area contributed by atoms with E-state index in [-0.39, 0.29) is 22.1 Å². The van der Waals surface area contributed by atoms with Crippen molar-refractivity contribution in [3.8, 4) is 11.5 Å². The average molecular weight is 411 g/mol. The Morgan fingerprint density at radius 1 is 0.966 bits per heavy atom. The van der Waals surface area contributed by atoms with Crippen molar-refractivity contribution in [1.82, 2.24) is 0 Å². The normalized spacial score (nSPS) is 10.7. The third-order valence-electron chi connectivity index (χ3n) is 4.99. The van der Waals surface area contributed by atoms with E-state index in [1.54, 1.807) is 0 Å². The molecule has 0 unspecified atom stereocenters. The number of ether oxygens (including phenoxy) is 1. The quantitative estimate of drug-likeness (QED) is 0.546. The highest BCUT2D eigenvalue weighted by molar-refractivity contribution is 6.33. The molecule has 0 bridgehead atoms.